The third kappa shape index (κ3) is 4.03. The number of nitrogens with zero attached hydrogens (tertiary/aromatic N) is 2. The van der Waals surface area contributed by atoms with Crippen LogP contribution in [0.25, 0.3) is 0 Å². The Morgan fingerprint density at radius 3 is 3.05 bits per heavy atom. The van der Waals surface area contributed by atoms with Gasteiger partial charge in [0.25, 0.3) is 5.56 Å². The van der Waals surface area contributed by atoms with Gasteiger partial charge >= 0.3 is 0 Å². The van der Waals surface area contributed by atoms with Crippen molar-refractivity contribution in [3.8, 4) is 11.8 Å². The largest absolute Gasteiger partial charge is 0.493 e. The molecule has 0 unspecified atom stereocenters. The zero-order valence-electron chi connectivity index (χ0n) is 10.5. The number of H-pyrrole nitrogens is 1. The number of hydrogen-bond donors (Lipinski definition) is 2. The van der Waals surface area contributed by atoms with Crippen LogP contribution in [0.4, 0.5) is 5.82 Å². The van der Waals surface area contributed by atoms with Crippen molar-refractivity contribution < 1.29 is 4.74 Å². The minimum Gasteiger partial charge on any atom is -0.493 e. The Labute approximate surface area is 119 Å². The van der Waals surface area contributed by atoms with Crippen LogP contribution >= 0.6 is 11.8 Å². The molecule has 2 aromatic rings. The van der Waals surface area contributed by atoms with E-state index in [1.807, 2.05) is 6.07 Å². The molecule has 0 aliphatic carbocycles. The van der Waals surface area contributed by atoms with E-state index < -0.39 is 0 Å². The van der Waals surface area contributed by atoms with Crippen molar-refractivity contribution in [2.75, 3.05) is 18.1 Å². The Hall–Kier alpha value is -2.46. The molecule has 1 heterocycles. The van der Waals surface area contributed by atoms with Crippen molar-refractivity contribution in [3.05, 3.63) is 46.2 Å². The number of aromatic nitrogens is 2. The molecule has 0 spiro atoms. The lowest BCUT2D eigenvalue weighted by molar-refractivity contribution is 0.344. The summed E-state index contributed by atoms with van der Waals surface area (Å²) in [6.45, 7) is 0.429. The maximum absolute atomic E-state index is 11.2. The lowest BCUT2D eigenvalue weighted by atomic mass is 10.2. The van der Waals surface area contributed by atoms with Gasteiger partial charge in [-0.1, -0.05) is 17.8 Å². The number of nitrogens with two attached hydrogens (primary N) is 1. The summed E-state index contributed by atoms with van der Waals surface area (Å²) < 4.78 is 5.51. The number of nitrogen functional groups attached to an aromatic ring is 1. The van der Waals surface area contributed by atoms with Crippen molar-refractivity contribution in [1.29, 1.82) is 5.26 Å². The van der Waals surface area contributed by atoms with E-state index in [9.17, 15) is 4.79 Å². The first kappa shape index (κ1) is 14.0. The van der Waals surface area contributed by atoms with Crippen molar-refractivity contribution >= 4 is 17.6 Å². The molecule has 1 aromatic heterocycles. The summed E-state index contributed by atoms with van der Waals surface area (Å²) in [5.74, 6) is 1.43. The standard InChI is InChI=1S/C13H12N4O2S/c14-8-9-2-1-3-10(6-9)19-4-5-20-13-16-11(15)7-12(18)17-13/h1-3,6-7H,4-5H2,(H3,15,16,17,18). The highest BCUT2D eigenvalue weighted by Gasteiger charge is 2.01. The van der Waals surface area contributed by atoms with Gasteiger partial charge < -0.3 is 15.5 Å². The van der Waals surface area contributed by atoms with Gasteiger partial charge in [0.1, 0.15) is 11.6 Å². The SMILES string of the molecule is N#Cc1cccc(OCCSc2nc(N)cc(=O)[nH]2)c1. The fourth-order valence-electron chi connectivity index (χ4n) is 1.47. The van der Waals surface area contributed by atoms with Crippen LogP contribution in [0.1, 0.15) is 5.56 Å². The van der Waals surface area contributed by atoms with Crippen LogP contribution < -0.4 is 16.0 Å². The Kier molecular flexibility index (Phi) is 4.63. The third-order valence-electron chi connectivity index (χ3n) is 2.29. The summed E-state index contributed by atoms with van der Waals surface area (Å²) in [4.78, 5) is 17.8. The quantitative estimate of drug-likeness (QED) is 0.489. The van der Waals surface area contributed by atoms with Gasteiger partial charge in [0.2, 0.25) is 0 Å². The van der Waals surface area contributed by atoms with Gasteiger partial charge in [-0.15, -0.1) is 0 Å². The first-order chi connectivity index (χ1) is 9.67. The molecular formula is C13H12N4O2S. The van der Waals surface area contributed by atoms with Crippen LogP contribution in [0.15, 0.2) is 40.3 Å². The van der Waals surface area contributed by atoms with Crippen LogP contribution in [0.5, 0.6) is 5.75 Å². The molecule has 0 fully saturated rings. The minimum atomic E-state index is -0.275. The van der Waals surface area contributed by atoms with Crippen molar-refractivity contribution in [2.24, 2.45) is 0 Å². The molecule has 0 aliphatic heterocycles. The molecule has 7 heteroatoms. The summed E-state index contributed by atoms with van der Waals surface area (Å²) in [5, 5.41) is 9.23. The molecule has 0 saturated heterocycles. The number of rotatable bonds is 5. The zero-order chi connectivity index (χ0) is 14.4. The number of thioether (sulfide) groups is 1. The Morgan fingerprint density at radius 1 is 1.45 bits per heavy atom. The van der Waals surface area contributed by atoms with Crippen molar-refractivity contribution in [3.63, 3.8) is 0 Å². The van der Waals surface area contributed by atoms with E-state index >= 15 is 0 Å². The zero-order valence-corrected chi connectivity index (χ0v) is 11.3. The van der Waals surface area contributed by atoms with Crippen LogP contribution in [0.2, 0.25) is 0 Å². The minimum absolute atomic E-state index is 0.193. The average molecular weight is 288 g/mol. The van der Waals surface area contributed by atoms with E-state index in [1.54, 1.807) is 24.3 Å². The molecule has 6 nitrogen and oxygen atoms in total. The average Bonchev–Trinajstić information content (AvgIpc) is 2.43. The maximum Gasteiger partial charge on any atom is 0.253 e. The fraction of sp³-hybridized carbons (Fsp3) is 0.154. The number of benzene rings is 1. The van der Waals surface area contributed by atoms with E-state index in [-0.39, 0.29) is 11.4 Å². The molecule has 0 amide bonds. The summed E-state index contributed by atoms with van der Waals surface area (Å²) in [6, 6.07) is 10.2. The van der Waals surface area contributed by atoms with Crippen LogP contribution in [0.3, 0.4) is 0 Å². The number of hydrogen-bond acceptors (Lipinski definition) is 6. The maximum atomic E-state index is 11.2. The molecule has 0 saturated carbocycles. The van der Waals surface area contributed by atoms with Gasteiger partial charge in [0.15, 0.2) is 5.16 Å². The normalized spacial score (nSPS) is 9.95. The number of ether oxygens (including phenoxy) is 1. The fourth-order valence-corrected chi connectivity index (χ4v) is 2.18. The highest BCUT2D eigenvalue weighted by molar-refractivity contribution is 7.99. The summed E-state index contributed by atoms with van der Waals surface area (Å²) in [6.07, 6.45) is 0. The second kappa shape index (κ2) is 6.63. The number of nitrogens with one attached hydrogen (secondary N) is 1. The summed E-state index contributed by atoms with van der Waals surface area (Å²) in [5.41, 5.74) is 5.76. The Balaban J connectivity index is 1.84. The van der Waals surface area contributed by atoms with Crippen LogP contribution in [-0.4, -0.2) is 22.3 Å². The van der Waals surface area contributed by atoms with E-state index in [0.29, 0.717) is 28.8 Å². The lowest BCUT2D eigenvalue weighted by Crippen LogP contribution is -2.10. The Morgan fingerprint density at radius 2 is 2.30 bits per heavy atom. The molecule has 3 N–H and O–H groups in total. The molecule has 102 valence electrons. The van der Waals surface area contributed by atoms with Crippen molar-refractivity contribution in [1.82, 2.24) is 9.97 Å². The van der Waals surface area contributed by atoms with Gasteiger partial charge in [-0.2, -0.15) is 5.26 Å². The highest BCUT2D eigenvalue weighted by atomic mass is 32.2. The second-order valence-corrected chi connectivity index (χ2v) is 4.90. The van der Waals surface area contributed by atoms with Crippen LogP contribution in [-0.2, 0) is 0 Å². The van der Waals surface area contributed by atoms with E-state index in [4.69, 9.17) is 15.7 Å². The monoisotopic (exact) mass is 288 g/mol. The summed E-state index contributed by atoms with van der Waals surface area (Å²) in [7, 11) is 0. The number of anilines is 1. The lowest BCUT2D eigenvalue weighted by Gasteiger charge is -2.06. The molecule has 1 aromatic carbocycles. The van der Waals surface area contributed by atoms with Gasteiger partial charge in [0, 0.05) is 11.8 Å². The predicted molar refractivity (Wildman–Crippen MR) is 76.6 cm³/mol. The summed E-state index contributed by atoms with van der Waals surface area (Å²) >= 11 is 1.34. The predicted octanol–water partition coefficient (Wildman–Crippen LogP) is 1.39. The smallest absolute Gasteiger partial charge is 0.253 e. The van der Waals surface area contributed by atoms with Gasteiger partial charge in [0.05, 0.1) is 18.2 Å². The molecule has 20 heavy (non-hydrogen) atoms. The topological polar surface area (TPSA) is 105 Å². The molecule has 0 radical (unpaired) electrons. The second-order valence-electron chi connectivity index (χ2n) is 3.81. The number of aromatic amines is 1. The van der Waals surface area contributed by atoms with E-state index in [2.05, 4.69) is 9.97 Å². The molecule has 0 aliphatic rings. The Bertz CT molecular complexity index is 693. The molecule has 0 bridgehead atoms. The molecular weight excluding hydrogens is 276 g/mol. The van der Waals surface area contributed by atoms with E-state index in [0.717, 1.165) is 0 Å². The van der Waals surface area contributed by atoms with Gasteiger partial charge in [-0.05, 0) is 18.2 Å². The van der Waals surface area contributed by atoms with Crippen LogP contribution in [0, 0.1) is 11.3 Å². The highest BCUT2D eigenvalue weighted by Crippen LogP contribution is 2.15. The first-order valence-corrected chi connectivity index (χ1v) is 6.78. The third-order valence-corrected chi connectivity index (χ3v) is 3.13. The first-order valence-electron chi connectivity index (χ1n) is 5.80. The van der Waals surface area contributed by atoms with Gasteiger partial charge in [-0.25, -0.2) is 4.98 Å². The van der Waals surface area contributed by atoms with E-state index in [1.165, 1.54) is 17.8 Å². The van der Waals surface area contributed by atoms with Gasteiger partial charge in [-0.3, -0.25) is 4.79 Å². The number of nitriles is 1. The van der Waals surface area contributed by atoms with Crippen molar-refractivity contribution in [2.45, 2.75) is 5.16 Å². The molecule has 2 rings (SSSR count). The molecule has 0 atom stereocenters.